The summed E-state index contributed by atoms with van der Waals surface area (Å²) in [5.74, 6) is 0.483. The summed E-state index contributed by atoms with van der Waals surface area (Å²) < 4.78 is 26.6. The molecule has 6 N–H and O–H groups in total. The van der Waals surface area contributed by atoms with Crippen LogP contribution in [0, 0.1) is 0 Å². The lowest BCUT2D eigenvalue weighted by molar-refractivity contribution is 0.301. The Morgan fingerprint density at radius 1 is 1.17 bits per heavy atom. The summed E-state index contributed by atoms with van der Waals surface area (Å²) in [6.45, 7) is 1.82. The first-order valence-electron chi connectivity index (χ1n) is 9.81. The molecule has 0 bridgehead atoms. The minimum Gasteiger partial charge on any atom is -0.591 e. The predicted octanol–water partition coefficient (Wildman–Crippen LogP) is 2.09. The zero-order chi connectivity index (χ0) is 21.0. The van der Waals surface area contributed by atoms with E-state index in [-0.39, 0.29) is 35.6 Å². The molecule has 1 saturated carbocycles. The number of hydrogen-bond donors (Lipinski definition) is 4. The van der Waals surface area contributed by atoms with Gasteiger partial charge in [-0.1, -0.05) is 18.2 Å². The molecule has 29 heavy (non-hydrogen) atoms. The van der Waals surface area contributed by atoms with Gasteiger partial charge in [-0.3, -0.25) is 0 Å². The molecule has 3 atom stereocenters. The van der Waals surface area contributed by atoms with Crippen molar-refractivity contribution in [3.63, 3.8) is 0 Å². The van der Waals surface area contributed by atoms with Crippen molar-refractivity contribution in [2.24, 2.45) is 0 Å². The van der Waals surface area contributed by atoms with Crippen molar-refractivity contribution < 1.29 is 23.7 Å². The summed E-state index contributed by atoms with van der Waals surface area (Å²) in [6.07, 6.45) is 3.02. The van der Waals surface area contributed by atoms with E-state index in [0.29, 0.717) is 12.0 Å². The first-order chi connectivity index (χ1) is 13.8. The minimum atomic E-state index is -3.58. The second kappa shape index (κ2) is 9.13. The lowest BCUT2D eigenvalue weighted by Crippen LogP contribution is -2.29. The van der Waals surface area contributed by atoms with Gasteiger partial charge >= 0.3 is 0 Å². The molecule has 0 radical (unpaired) electrons. The lowest BCUT2D eigenvalue weighted by Gasteiger charge is -2.20. The maximum Gasteiger partial charge on any atom is 0.296 e. The number of hydrogen-bond acceptors (Lipinski definition) is 5. The summed E-state index contributed by atoms with van der Waals surface area (Å²) >= 11 is 0. The predicted molar refractivity (Wildman–Crippen MR) is 112 cm³/mol. The standard InChI is InChI=1S/C21H28N2O5S/c1-14(16-5-9-20(25)21(26)13-16)23-18-6-2-17(12-18)15-3-7-19(8-4-15)29(27,28)22-10-11-24/h3-5,7-9,13-14,17-18,22-26H,2,6,10-12H2,1H3/p+1/t14-,17+,18?/m1/s1. The van der Waals surface area contributed by atoms with Gasteiger partial charge in [-0.25, -0.2) is 13.1 Å². The zero-order valence-electron chi connectivity index (χ0n) is 16.4. The number of nitrogens with one attached hydrogen (secondary N) is 2. The van der Waals surface area contributed by atoms with Crippen LogP contribution in [-0.4, -0.2) is 42.9 Å². The first-order valence-corrected chi connectivity index (χ1v) is 11.3. The zero-order valence-corrected chi connectivity index (χ0v) is 17.2. The molecule has 0 spiro atoms. The first kappa shape index (κ1) is 21.6. The van der Waals surface area contributed by atoms with E-state index in [1.54, 1.807) is 24.3 Å². The van der Waals surface area contributed by atoms with Crippen LogP contribution in [0.5, 0.6) is 11.5 Å². The topological polar surface area (TPSA) is 122 Å². The molecule has 2 aromatic carbocycles. The quantitative estimate of drug-likeness (QED) is 0.486. The van der Waals surface area contributed by atoms with Crippen LogP contribution in [-0.2, 0) is 10.0 Å². The number of phenols is 1. The Kier molecular flexibility index (Phi) is 6.79. The SMILES string of the molecule is C[C@@H](NC1CC[C@H](c2ccc(S(=O)(=O)NCCO)cc2)C1)c1ccc(O)c([OH2+])c1. The molecule has 0 aromatic heterocycles. The number of rotatable bonds is 8. The normalized spacial score (nSPS) is 20.6. The third kappa shape index (κ3) is 5.27. The van der Waals surface area contributed by atoms with Gasteiger partial charge in [-0.05, 0) is 61.4 Å². The molecule has 1 unspecified atom stereocenters. The Hall–Kier alpha value is -2.13. The van der Waals surface area contributed by atoms with Crippen molar-refractivity contribution in [3.8, 4) is 11.5 Å². The van der Waals surface area contributed by atoms with Gasteiger partial charge in [0.25, 0.3) is 5.75 Å². The highest BCUT2D eigenvalue weighted by atomic mass is 32.2. The van der Waals surface area contributed by atoms with Crippen LogP contribution in [0.1, 0.15) is 49.3 Å². The third-order valence-corrected chi connectivity index (χ3v) is 6.98. The van der Waals surface area contributed by atoms with E-state index in [4.69, 9.17) is 10.2 Å². The smallest absolute Gasteiger partial charge is 0.296 e. The van der Waals surface area contributed by atoms with E-state index < -0.39 is 10.0 Å². The number of benzene rings is 2. The summed E-state index contributed by atoms with van der Waals surface area (Å²) in [5.41, 5.74) is 2.10. The van der Waals surface area contributed by atoms with Crippen LogP contribution < -0.4 is 10.0 Å². The second-order valence-electron chi connectivity index (χ2n) is 7.56. The number of sulfonamides is 1. The Labute approximate surface area is 171 Å². The van der Waals surface area contributed by atoms with Crippen molar-refractivity contribution in [1.29, 1.82) is 0 Å². The van der Waals surface area contributed by atoms with Crippen LogP contribution in [0.4, 0.5) is 0 Å². The molecular formula is C21H29N2O5S+. The number of phenolic OH excluding ortho intramolecular Hbond substituents is 1. The second-order valence-corrected chi connectivity index (χ2v) is 9.33. The van der Waals surface area contributed by atoms with Gasteiger partial charge in [0.15, 0.2) is 0 Å². The van der Waals surface area contributed by atoms with Gasteiger partial charge in [0.2, 0.25) is 15.8 Å². The van der Waals surface area contributed by atoms with Crippen LogP contribution in [0.2, 0.25) is 0 Å². The highest BCUT2D eigenvalue weighted by Crippen LogP contribution is 2.36. The maximum atomic E-state index is 12.1. The van der Waals surface area contributed by atoms with Gasteiger partial charge < -0.3 is 20.6 Å². The van der Waals surface area contributed by atoms with Gasteiger partial charge in [0, 0.05) is 24.7 Å². The van der Waals surface area contributed by atoms with Crippen LogP contribution >= 0.6 is 0 Å². The summed E-state index contributed by atoms with van der Waals surface area (Å²) in [4.78, 5) is 0.203. The average Bonchev–Trinajstić information content (AvgIpc) is 3.17. The third-order valence-electron chi connectivity index (χ3n) is 5.50. The highest BCUT2D eigenvalue weighted by molar-refractivity contribution is 7.89. The Bertz CT molecular complexity index is 931. The largest absolute Gasteiger partial charge is 0.591 e. The molecule has 1 aliphatic rings. The Morgan fingerprint density at radius 3 is 2.55 bits per heavy atom. The molecular weight excluding hydrogens is 392 g/mol. The van der Waals surface area contributed by atoms with E-state index in [2.05, 4.69) is 17.0 Å². The summed E-state index contributed by atoms with van der Waals surface area (Å²) in [5, 5.41) is 29.7. The maximum absolute atomic E-state index is 12.1. The molecule has 0 heterocycles. The van der Waals surface area contributed by atoms with E-state index in [1.165, 1.54) is 0 Å². The molecule has 8 heteroatoms. The summed E-state index contributed by atoms with van der Waals surface area (Å²) in [7, 11) is -3.58. The van der Waals surface area contributed by atoms with E-state index in [0.717, 1.165) is 30.4 Å². The van der Waals surface area contributed by atoms with E-state index in [9.17, 15) is 13.5 Å². The average molecular weight is 422 g/mol. The molecule has 0 amide bonds. The van der Waals surface area contributed by atoms with Gasteiger partial charge in [-0.2, -0.15) is 0 Å². The fraction of sp³-hybridized carbons (Fsp3) is 0.429. The molecule has 7 nitrogen and oxygen atoms in total. The van der Waals surface area contributed by atoms with E-state index >= 15 is 0 Å². The van der Waals surface area contributed by atoms with Crippen molar-refractivity contribution >= 4 is 10.0 Å². The molecule has 158 valence electrons. The van der Waals surface area contributed by atoms with Crippen molar-refractivity contribution in [2.45, 2.75) is 49.1 Å². The Morgan fingerprint density at radius 2 is 1.90 bits per heavy atom. The van der Waals surface area contributed by atoms with Crippen molar-refractivity contribution in [3.05, 3.63) is 53.6 Å². The lowest BCUT2D eigenvalue weighted by atomic mass is 9.97. The number of aliphatic hydroxyl groups is 1. The van der Waals surface area contributed by atoms with Crippen LogP contribution in [0.15, 0.2) is 47.4 Å². The monoisotopic (exact) mass is 421 g/mol. The Balaban J connectivity index is 1.59. The van der Waals surface area contributed by atoms with Crippen molar-refractivity contribution in [1.82, 2.24) is 10.0 Å². The molecule has 0 saturated heterocycles. The highest BCUT2D eigenvalue weighted by Gasteiger charge is 2.27. The van der Waals surface area contributed by atoms with Gasteiger partial charge in [-0.15, -0.1) is 0 Å². The minimum absolute atomic E-state index is 0.000979. The number of aliphatic hydroxyl groups excluding tert-OH is 1. The fourth-order valence-corrected chi connectivity index (χ4v) is 4.91. The van der Waals surface area contributed by atoms with Crippen LogP contribution in [0.3, 0.4) is 0 Å². The van der Waals surface area contributed by atoms with Crippen LogP contribution in [0.25, 0.3) is 0 Å². The van der Waals surface area contributed by atoms with Gasteiger partial charge in [0.05, 0.1) is 11.5 Å². The fourth-order valence-electron chi connectivity index (χ4n) is 3.89. The molecule has 1 fully saturated rings. The van der Waals surface area contributed by atoms with Gasteiger partial charge in [0.1, 0.15) is 0 Å². The summed E-state index contributed by atoms with van der Waals surface area (Å²) in [6, 6.07) is 12.5. The number of aromatic hydroxyl groups is 1. The molecule has 3 rings (SSSR count). The van der Waals surface area contributed by atoms with E-state index in [1.807, 2.05) is 18.2 Å². The van der Waals surface area contributed by atoms with Crippen molar-refractivity contribution in [2.75, 3.05) is 13.2 Å². The molecule has 2 aromatic rings. The molecule has 1 aliphatic carbocycles. The molecule has 0 aliphatic heterocycles.